The summed E-state index contributed by atoms with van der Waals surface area (Å²) in [6, 6.07) is 7.00. The maximum absolute atomic E-state index is 11.7. The van der Waals surface area contributed by atoms with Gasteiger partial charge in [0.05, 0.1) is 5.02 Å². The zero-order valence-corrected chi connectivity index (χ0v) is 12.4. The number of thioether (sulfide) groups is 1. The molecule has 0 atom stereocenters. The van der Waals surface area contributed by atoms with Crippen LogP contribution in [0.15, 0.2) is 33.7 Å². The third kappa shape index (κ3) is 4.18. The van der Waals surface area contributed by atoms with Gasteiger partial charge >= 0.3 is 0 Å². The Morgan fingerprint density at radius 3 is 2.95 bits per heavy atom. The average Bonchev–Trinajstić information content (AvgIpc) is 2.77. The standard InChI is InChI=1S/C13H14ClN3O2S/c1-8-6-12(17-19-8)16-13(18)4-5-20-11-3-2-9(15)7-10(11)14/h2-3,6-7H,4-5,15H2,1H3,(H,16,17,18). The van der Waals surface area contributed by atoms with Gasteiger partial charge in [-0.1, -0.05) is 16.8 Å². The Morgan fingerprint density at radius 1 is 1.50 bits per heavy atom. The first kappa shape index (κ1) is 14.7. The molecule has 0 fully saturated rings. The van der Waals surface area contributed by atoms with Crippen LogP contribution in [0.4, 0.5) is 11.5 Å². The second kappa shape index (κ2) is 6.67. The second-order valence-electron chi connectivity index (χ2n) is 4.16. The summed E-state index contributed by atoms with van der Waals surface area (Å²) in [5, 5.41) is 6.96. The number of halogens is 1. The Hall–Kier alpha value is -1.66. The van der Waals surface area contributed by atoms with Crippen LogP contribution in [0.25, 0.3) is 0 Å². The van der Waals surface area contributed by atoms with Gasteiger partial charge in [0.2, 0.25) is 5.91 Å². The van der Waals surface area contributed by atoms with Crippen molar-refractivity contribution in [3.8, 4) is 0 Å². The lowest BCUT2D eigenvalue weighted by Gasteiger charge is -2.05. The number of carbonyl (C=O) groups excluding carboxylic acids is 1. The Bertz CT molecular complexity index is 615. The van der Waals surface area contributed by atoms with E-state index < -0.39 is 0 Å². The van der Waals surface area contributed by atoms with Crippen LogP contribution >= 0.6 is 23.4 Å². The molecule has 3 N–H and O–H groups in total. The van der Waals surface area contributed by atoms with E-state index in [0.717, 1.165) is 4.90 Å². The van der Waals surface area contributed by atoms with Crippen LogP contribution in [-0.4, -0.2) is 16.8 Å². The minimum absolute atomic E-state index is 0.114. The molecular weight excluding hydrogens is 298 g/mol. The van der Waals surface area contributed by atoms with Gasteiger partial charge in [0.15, 0.2) is 5.82 Å². The van der Waals surface area contributed by atoms with Crippen molar-refractivity contribution in [3.63, 3.8) is 0 Å². The number of carbonyl (C=O) groups is 1. The summed E-state index contributed by atoms with van der Waals surface area (Å²) in [7, 11) is 0. The van der Waals surface area contributed by atoms with Gasteiger partial charge in [-0.3, -0.25) is 4.79 Å². The maximum Gasteiger partial charge on any atom is 0.226 e. The average molecular weight is 312 g/mol. The normalized spacial score (nSPS) is 10.5. The molecule has 106 valence electrons. The molecule has 0 bridgehead atoms. The number of nitrogen functional groups attached to an aromatic ring is 1. The molecule has 2 aromatic rings. The molecule has 2 rings (SSSR count). The summed E-state index contributed by atoms with van der Waals surface area (Å²) >= 11 is 7.56. The van der Waals surface area contributed by atoms with Gasteiger partial charge in [-0.25, -0.2) is 0 Å². The number of nitrogens with one attached hydrogen (secondary N) is 1. The molecule has 0 saturated heterocycles. The highest BCUT2D eigenvalue weighted by atomic mass is 35.5. The number of nitrogens with two attached hydrogens (primary N) is 1. The molecule has 0 saturated carbocycles. The van der Waals surface area contributed by atoms with Crippen molar-refractivity contribution in [2.75, 3.05) is 16.8 Å². The van der Waals surface area contributed by atoms with Crippen LogP contribution in [0.2, 0.25) is 5.02 Å². The lowest BCUT2D eigenvalue weighted by atomic mass is 10.3. The molecular formula is C13H14ClN3O2S. The minimum atomic E-state index is -0.114. The molecule has 7 heteroatoms. The number of nitrogens with zero attached hydrogens (tertiary/aromatic N) is 1. The first-order valence-electron chi connectivity index (χ1n) is 5.95. The highest BCUT2D eigenvalue weighted by Crippen LogP contribution is 2.29. The monoisotopic (exact) mass is 311 g/mol. The van der Waals surface area contributed by atoms with Gasteiger partial charge in [-0.05, 0) is 25.1 Å². The number of amides is 1. The Morgan fingerprint density at radius 2 is 2.30 bits per heavy atom. The molecule has 0 aliphatic heterocycles. The number of aryl methyl sites for hydroxylation is 1. The van der Waals surface area contributed by atoms with Gasteiger partial charge < -0.3 is 15.6 Å². The van der Waals surface area contributed by atoms with Crippen LogP contribution < -0.4 is 11.1 Å². The minimum Gasteiger partial charge on any atom is -0.399 e. The van der Waals surface area contributed by atoms with E-state index in [-0.39, 0.29) is 5.91 Å². The molecule has 5 nitrogen and oxygen atoms in total. The fourth-order valence-corrected chi connectivity index (χ4v) is 2.74. The Balaban J connectivity index is 1.79. The van der Waals surface area contributed by atoms with E-state index in [4.69, 9.17) is 21.9 Å². The van der Waals surface area contributed by atoms with Gasteiger partial charge in [-0.15, -0.1) is 11.8 Å². The van der Waals surface area contributed by atoms with Crippen LogP contribution in [0.5, 0.6) is 0 Å². The van der Waals surface area contributed by atoms with Crippen molar-refractivity contribution in [1.82, 2.24) is 5.16 Å². The van der Waals surface area contributed by atoms with Gasteiger partial charge in [0, 0.05) is 28.8 Å². The first-order chi connectivity index (χ1) is 9.54. The van der Waals surface area contributed by atoms with E-state index in [0.29, 0.717) is 34.5 Å². The zero-order valence-electron chi connectivity index (χ0n) is 10.9. The largest absolute Gasteiger partial charge is 0.399 e. The predicted octanol–water partition coefficient (Wildman–Crippen LogP) is 3.34. The number of hydrogen-bond donors (Lipinski definition) is 2. The highest BCUT2D eigenvalue weighted by molar-refractivity contribution is 7.99. The third-order valence-electron chi connectivity index (χ3n) is 2.44. The number of aromatic nitrogens is 1. The maximum atomic E-state index is 11.7. The summed E-state index contributed by atoms with van der Waals surface area (Å²) in [5.41, 5.74) is 6.24. The van der Waals surface area contributed by atoms with Crippen molar-refractivity contribution in [1.29, 1.82) is 0 Å². The predicted molar refractivity (Wildman–Crippen MR) is 81.1 cm³/mol. The van der Waals surface area contributed by atoms with Crippen LogP contribution in [0.3, 0.4) is 0 Å². The Kier molecular flexibility index (Phi) is 4.92. The molecule has 1 aromatic heterocycles. The quantitative estimate of drug-likeness (QED) is 0.654. The molecule has 0 radical (unpaired) electrons. The topological polar surface area (TPSA) is 81.2 Å². The van der Waals surface area contributed by atoms with Crippen LogP contribution in [0.1, 0.15) is 12.2 Å². The first-order valence-corrected chi connectivity index (χ1v) is 7.32. The number of rotatable bonds is 5. The summed E-state index contributed by atoms with van der Waals surface area (Å²) in [6.07, 6.45) is 0.358. The van der Waals surface area contributed by atoms with E-state index in [1.165, 1.54) is 11.8 Å². The van der Waals surface area contributed by atoms with Crippen molar-refractivity contribution >= 4 is 40.8 Å². The summed E-state index contributed by atoms with van der Waals surface area (Å²) in [6.45, 7) is 1.77. The van der Waals surface area contributed by atoms with Gasteiger partial charge in [-0.2, -0.15) is 0 Å². The zero-order chi connectivity index (χ0) is 14.5. The molecule has 0 unspecified atom stereocenters. The van der Waals surface area contributed by atoms with Crippen molar-refractivity contribution in [2.45, 2.75) is 18.2 Å². The summed E-state index contributed by atoms with van der Waals surface area (Å²) < 4.78 is 4.87. The number of benzene rings is 1. The van der Waals surface area contributed by atoms with E-state index in [2.05, 4.69) is 10.5 Å². The van der Waals surface area contributed by atoms with E-state index >= 15 is 0 Å². The molecule has 0 spiro atoms. The van der Waals surface area contributed by atoms with Crippen LogP contribution in [0, 0.1) is 6.92 Å². The van der Waals surface area contributed by atoms with Gasteiger partial charge in [0.1, 0.15) is 5.76 Å². The number of anilines is 2. The molecule has 20 heavy (non-hydrogen) atoms. The summed E-state index contributed by atoms with van der Waals surface area (Å²) in [5.74, 6) is 1.59. The van der Waals surface area contributed by atoms with Crippen LogP contribution in [-0.2, 0) is 4.79 Å². The molecule has 0 aliphatic carbocycles. The van der Waals surface area contributed by atoms with Gasteiger partial charge in [0.25, 0.3) is 0 Å². The fraction of sp³-hybridized carbons (Fsp3) is 0.231. The molecule has 0 aliphatic rings. The van der Waals surface area contributed by atoms with Crippen molar-refractivity contribution in [2.24, 2.45) is 0 Å². The molecule has 1 heterocycles. The fourth-order valence-electron chi connectivity index (χ4n) is 1.52. The lowest BCUT2D eigenvalue weighted by Crippen LogP contribution is -2.12. The second-order valence-corrected chi connectivity index (χ2v) is 5.70. The molecule has 1 aromatic carbocycles. The van der Waals surface area contributed by atoms with E-state index in [1.807, 2.05) is 6.07 Å². The van der Waals surface area contributed by atoms with Crippen molar-refractivity contribution in [3.05, 3.63) is 35.0 Å². The SMILES string of the molecule is Cc1cc(NC(=O)CCSc2ccc(N)cc2Cl)no1. The molecule has 1 amide bonds. The van der Waals surface area contributed by atoms with Crippen molar-refractivity contribution < 1.29 is 9.32 Å². The third-order valence-corrected chi connectivity index (χ3v) is 3.94. The van der Waals surface area contributed by atoms with E-state index in [1.54, 1.807) is 25.1 Å². The smallest absolute Gasteiger partial charge is 0.226 e. The number of hydrogen-bond acceptors (Lipinski definition) is 5. The Labute approximate surface area is 125 Å². The lowest BCUT2D eigenvalue weighted by molar-refractivity contribution is -0.115. The summed E-state index contributed by atoms with van der Waals surface area (Å²) in [4.78, 5) is 12.6. The highest BCUT2D eigenvalue weighted by Gasteiger charge is 2.07. The van der Waals surface area contributed by atoms with E-state index in [9.17, 15) is 4.79 Å².